The summed E-state index contributed by atoms with van der Waals surface area (Å²) in [4.78, 5) is 22.8. The number of carbonyl (C=O) groups excluding carboxylic acids is 1. The fraction of sp³-hybridized carbons (Fsp3) is 0.682. The van der Waals surface area contributed by atoms with Gasteiger partial charge in [-0.15, -0.1) is 0 Å². The second-order valence-electron chi connectivity index (χ2n) is 7.83. The first-order chi connectivity index (χ1) is 14.7. The quantitative estimate of drug-likeness (QED) is 0.524. The second kappa shape index (κ2) is 11.6. The van der Waals surface area contributed by atoms with E-state index in [1.165, 1.54) is 12.8 Å². The Morgan fingerprint density at radius 1 is 1.20 bits per heavy atom. The Morgan fingerprint density at radius 2 is 1.97 bits per heavy atom. The van der Waals surface area contributed by atoms with E-state index in [1.807, 2.05) is 25.3 Å². The van der Waals surface area contributed by atoms with Gasteiger partial charge in [-0.25, -0.2) is 14.8 Å². The number of pyridine rings is 1. The van der Waals surface area contributed by atoms with E-state index >= 15 is 0 Å². The largest absolute Gasteiger partial charge is 0.474 e. The lowest BCUT2D eigenvalue weighted by molar-refractivity contribution is 0.0963. The first kappa shape index (κ1) is 22.2. The molecule has 0 atom stereocenters. The molecule has 8 nitrogen and oxygen atoms in total. The van der Waals surface area contributed by atoms with Gasteiger partial charge in [-0.2, -0.15) is 0 Å². The predicted octanol–water partition coefficient (Wildman–Crippen LogP) is 3.08. The molecular formula is C22H35N5O3. The average Bonchev–Trinajstić information content (AvgIpc) is 3.27. The maximum atomic E-state index is 11.8. The van der Waals surface area contributed by atoms with Crippen LogP contribution in [0.25, 0.3) is 0 Å². The molecule has 3 rings (SSSR count). The van der Waals surface area contributed by atoms with E-state index in [1.54, 1.807) is 4.90 Å². The van der Waals surface area contributed by atoms with Crippen LogP contribution in [0.5, 0.6) is 5.88 Å². The first-order valence-electron chi connectivity index (χ1n) is 11.3. The molecule has 1 amide bonds. The highest BCUT2D eigenvalue weighted by Crippen LogP contribution is 2.23. The second-order valence-corrected chi connectivity index (χ2v) is 7.83. The summed E-state index contributed by atoms with van der Waals surface area (Å²) in [6, 6.07) is 4.25. The number of aliphatic imine (C=N–C) groups is 1. The Balaban J connectivity index is 1.47. The predicted molar refractivity (Wildman–Crippen MR) is 117 cm³/mol. The Labute approximate surface area is 179 Å². The van der Waals surface area contributed by atoms with E-state index < -0.39 is 0 Å². The van der Waals surface area contributed by atoms with Crippen LogP contribution in [0.4, 0.5) is 4.79 Å². The van der Waals surface area contributed by atoms with Crippen molar-refractivity contribution in [2.75, 3.05) is 26.2 Å². The smallest absolute Gasteiger partial charge is 0.409 e. The monoisotopic (exact) mass is 417 g/mol. The molecule has 2 N–H and O–H groups in total. The summed E-state index contributed by atoms with van der Waals surface area (Å²) in [6.45, 7) is 7.03. The number of rotatable bonds is 7. The standard InChI is InChI=1S/C22H35N5O3/c1-3-23-21(26-18-11-13-27(14-12-18)22(28)29-4-2)25-16-17-9-10-20(24-15-17)30-19-7-5-6-8-19/h9-10,15,18-19H,3-8,11-14,16H2,1-2H3,(H2,23,25,26). The molecule has 0 spiro atoms. The Kier molecular flexibility index (Phi) is 8.59. The lowest BCUT2D eigenvalue weighted by Gasteiger charge is -2.32. The van der Waals surface area contributed by atoms with Crippen molar-refractivity contribution in [3.8, 4) is 5.88 Å². The number of ether oxygens (including phenoxy) is 2. The van der Waals surface area contributed by atoms with Gasteiger partial charge in [-0.05, 0) is 57.9 Å². The molecule has 1 saturated heterocycles. The van der Waals surface area contributed by atoms with E-state index in [-0.39, 0.29) is 12.1 Å². The fourth-order valence-electron chi connectivity index (χ4n) is 3.86. The minimum atomic E-state index is -0.218. The summed E-state index contributed by atoms with van der Waals surface area (Å²) >= 11 is 0. The molecule has 0 unspecified atom stereocenters. The van der Waals surface area contributed by atoms with E-state index in [9.17, 15) is 4.79 Å². The summed E-state index contributed by atoms with van der Waals surface area (Å²) in [5, 5.41) is 6.80. The number of hydrogen-bond acceptors (Lipinski definition) is 5. The van der Waals surface area contributed by atoms with Crippen molar-refractivity contribution < 1.29 is 14.3 Å². The molecule has 1 saturated carbocycles. The number of nitrogens with one attached hydrogen (secondary N) is 2. The highest BCUT2D eigenvalue weighted by molar-refractivity contribution is 5.80. The number of likely N-dealkylation sites (tertiary alicyclic amines) is 1. The first-order valence-corrected chi connectivity index (χ1v) is 11.3. The van der Waals surface area contributed by atoms with Crippen LogP contribution in [-0.4, -0.2) is 60.3 Å². The van der Waals surface area contributed by atoms with Gasteiger partial charge in [0.15, 0.2) is 5.96 Å². The van der Waals surface area contributed by atoms with Crippen LogP contribution in [0.15, 0.2) is 23.3 Å². The number of hydrogen-bond donors (Lipinski definition) is 2. The third-order valence-corrected chi connectivity index (χ3v) is 5.51. The lowest BCUT2D eigenvalue weighted by Crippen LogP contribution is -2.49. The van der Waals surface area contributed by atoms with Crippen molar-refractivity contribution in [2.45, 2.75) is 71.1 Å². The molecule has 0 aromatic carbocycles. The number of aromatic nitrogens is 1. The zero-order valence-corrected chi connectivity index (χ0v) is 18.2. The minimum Gasteiger partial charge on any atom is -0.474 e. The molecule has 2 heterocycles. The molecule has 30 heavy (non-hydrogen) atoms. The maximum absolute atomic E-state index is 11.8. The van der Waals surface area contributed by atoms with Gasteiger partial charge in [0.2, 0.25) is 5.88 Å². The molecule has 1 aromatic heterocycles. The van der Waals surface area contributed by atoms with Gasteiger partial charge in [0, 0.05) is 37.9 Å². The number of guanidine groups is 1. The van der Waals surface area contributed by atoms with Gasteiger partial charge in [-0.3, -0.25) is 0 Å². The highest BCUT2D eigenvalue weighted by atomic mass is 16.6. The van der Waals surface area contributed by atoms with Crippen molar-refractivity contribution in [3.63, 3.8) is 0 Å². The summed E-state index contributed by atoms with van der Waals surface area (Å²) in [5.41, 5.74) is 1.04. The zero-order valence-electron chi connectivity index (χ0n) is 18.2. The van der Waals surface area contributed by atoms with Crippen molar-refractivity contribution in [1.29, 1.82) is 0 Å². The number of nitrogens with zero attached hydrogens (tertiary/aromatic N) is 3. The molecule has 1 aromatic rings. The zero-order chi connectivity index (χ0) is 21.2. The summed E-state index contributed by atoms with van der Waals surface area (Å²) in [6.07, 6.45) is 8.45. The van der Waals surface area contributed by atoms with Crippen LogP contribution in [0, 0.1) is 0 Å². The summed E-state index contributed by atoms with van der Waals surface area (Å²) < 4.78 is 11.0. The number of carbonyl (C=O) groups is 1. The van der Waals surface area contributed by atoms with Crippen molar-refractivity contribution in [3.05, 3.63) is 23.9 Å². The third-order valence-electron chi connectivity index (χ3n) is 5.51. The molecular weight excluding hydrogens is 382 g/mol. The molecule has 1 aliphatic carbocycles. The fourth-order valence-corrected chi connectivity index (χ4v) is 3.86. The minimum absolute atomic E-state index is 0.218. The van der Waals surface area contributed by atoms with E-state index in [4.69, 9.17) is 14.5 Å². The van der Waals surface area contributed by atoms with Gasteiger partial charge in [0.05, 0.1) is 13.2 Å². The molecule has 0 bridgehead atoms. The van der Waals surface area contributed by atoms with Crippen molar-refractivity contribution in [2.24, 2.45) is 4.99 Å². The van der Waals surface area contributed by atoms with Crippen LogP contribution >= 0.6 is 0 Å². The topological polar surface area (TPSA) is 88.1 Å². The van der Waals surface area contributed by atoms with Crippen LogP contribution in [0.1, 0.15) is 57.9 Å². The third kappa shape index (κ3) is 6.78. The lowest BCUT2D eigenvalue weighted by atomic mass is 10.1. The van der Waals surface area contributed by atoms with E-state index in [0.29, 0.717) is 38.2 Å². The van der Waals surface area contributed by atoms with Crippen molar-refractivity contribution >= 4 is 12.1 Å². The van der Waals surface area contributed by atoms with Crippen LogP contribution in [0.3, 0.4) is 0 Å². The van der Waals surface area contributed by atoms with Gasteiger partial charge in [0.25, 0.3) is 0 Å². The molecule has 8 heteroatoms. The molecule has 166 valence electrons. The Morgan fingerprint density at radius 3 is 2.60 bits per heavy atom. The van der Waals surface area contributed by atoms with Gasteiger partial charge >= 0.3 is 6.09 Å². The summed E-state index contributed by atoms with van der Waals surface area (Å²) in [7, 11) is 0. The SMILES string of the molecule is CCNC(=NCc1ccc(OC2CCCC2)nc1)NC1CCN(C(=O)OCC)CC1. The number of amides is 1. The normalized spacial score (nSPS) is 18.3. The number of piperidine rings is 1. The van der Waals surface area contributed by atoms with Gasteiger partial charge in [-0.1, -0.05) is 6.07 Å². The van der Waals surface area contributed by atoms with Gasteiger partial charge < -0.3 is 25.0 Å². The maximum Gasteiger partial charge on any atom is 0.409 e. The average molecular weight is 418 g/mol. The molecule has 2 fully saturated rings. The van der Waals surface area contributed by atoms with E-state index in [0.717, 1.165) is 43.8 Å². The van der Waals surface area contributed by atoms with Crippen LogP contribution in [0.2, 0.25) is 0 Å². The highest BCUT2D eigenvalue weighted by Gasteiger charge is 2.24. The molecule has 2 aliphatic rings. The Hall–Kier alpha value is -2.51. The van der Waals surface area contributed by atoms with Crippen molar-refractivity contribution in [1.82, 2.24) is 20.5 Å². The van der Waals surface area contributed by atoms with E-state index in [2.05, 4.69) is 22.5 Å². The Bertz CT molecular complexity index is 681. The van der Waals surface area contributed by atoms with Crippen LogP contribution < -0.4 is 15.4 Å². The molecule has 0 radical (unpaired) electrons. The molecule has 1 aliphatic heterocycles. The summed E-state index contributed by atoms with van der Waals surface area (Å²) in [5.74, 6) is 1.49. The van der Waals surface area contributed by atoms with Gasteiger partial charge in [0.1, 0.15) is 6.10 Å². The van der Waals surface area contributed by atoms with Crippen LogP contribution in [-0.2, 0) is 11.3 Å².